The van der Waals surface area contributed by atoms with E-state index in [2.05, 4.69) is 25.8 Å². The normalized spacial score (nSPS) is 12.0. The number of hydrogen-bond donors (Lipinski definition) is 2. The summed E-state index contributed by atoms with van der Waals surface area (Å²) in [5, 5.41) is 9.53. The minimum absolute atomic E-state index is 0.0593. The van der Waals surface area contributed by atoms with Crippen LogP contribution in [0, 0.1) is 5.82 Å². The summed E-state index contributed by atoms with van der Waals surface area (Å²) in [7, 11) is 0. The second-order valence-corrected chi connectivity index (χ2v) is 5.88. The van der Waals surface area contributed by atoms with Crippen molar-refractivity contribution in [2.75, 3.05) is 11.9 Å². The van der Waals surface area contributed by atoms with Crippen molar-refractivity contribution < 1.29 is 13.7 Å². The van der Waals surface area contributed by atoms with Crippen LogP contribution in [0.1, 0.15) is 18.9 Å². The van der Waals surface area contributed by atoms with Gasteiger partial charge in [0.05, 0.1) is 18.3 Å². The summed E-state index contributed by atoms with van der Waals surface area (Å²) in [5.74, 6) is -0.337. The number of nitrogens with one attached hydrogen (secondary N) is 2. The van der Waals surface area contributed by atoms with Gasteiger partial charge in [-0.1, -0.05) is 22.8 Å². The molecular formula is C17H15ClFN5O2. The van der Waals surface area contributed by atoms with E-state index in [9.17, 15) is 9.18 Å². The third kappa shape index (κ3) is 4.41. The van der Waals surface area contributed by atoms with Crippen molar-refractivity contribution in [2.45, 2.75) is 13.0 Å². The molecule has 1 unspecified atom stereocenters. The summed E-state index contributed by atoms with van der Waals surface area (Å²) in [6.07, 6.45) is 1.63. The van der Waals surface area contributed by atoms with E-state index in [0.29, 0.717) is 17.4 Å². The molecule has 3 aromatic rings. The highest BCUT2D eigenvalue weighted by atomic mass is 35.5. The molecular weight excluding hydrogens is 361 g/mol. The zero-order valence-electron chi connectivity index (χ0n) is 13.7. The van der Waals surface area contributed by atoms with E-state index >= 15 is 0 Å². The molecule has 0 fully saturated rings. The average Bonchev–Trinajstić information content (AvgIpc) is 3.13. The van der Waals surface area contributed by atoms with Crippen molar-refractivity contribution in [3.05, 3.63) is 59.3 Å². The zero-order valence-corrected chi connectivity index (χ0v) is 14.5. The molecule has 26 heavy (non-hydrogen) atoms. The van der Waals surface area contributed by atoms with Crippen molar-refractivity contribution in [1.82, 2.24) is 20.4 Å². The van der Waals surface area contributed by atoms with E-state index in [1.54, 1.807) is 25.3 Å². The smallest absolute Gasteiger partial charge is 0.243 e. The Morgan fingerprint density at radius 1 is 1.35 bits per heavy atom. The third-order valence-electron chi connectivity index (χ3n) is 3.48. The fraction of sp³-hybridized carbons (Fsp3) is 0.176. The molecule has 1 amide bonds. The number of carbonyl (C=O) groups is 1. The van der Waals surface area contributed by atoms with E-state index in [0.717, 1.165) is 6.07 Å². The number of carbonyl (C=O) groups excluding carboxylic acids is 1. The largest absolute Gasteiger partial charge is 0.337 e. The van der Waals surface area contributed by atoms with Crippen LogP contribution >= 0.6 is 11.6 Å². The van der Waals surface area contributed by atoms with Crippen LogP contribution < -0.4 is 10.6 Å². The molecule has 0 radical (unpaired) electrons. The van der Waals surface area contributed by atoms with Gasteiger partial charge in [0, 0.05) is 11.2 Å². The monoisotopic (exact) mass is 375 g/mol. The van der Waals surface area contributed by atoms with Gasteiger partial charge < -0.3 is 9.84 Å². The SMILES string of the molecule is CC(NCC(=O)Nc1ccc(Cl)cc1F)c1nc(-c2ccccn2)no1. The first-order valence-electron chi connectivity index (χ1n) is 7.76. The number of hydrogen-bond acceptors (Lipinski definition) is 6. The second kappa shape index (κ2) is 8.03. The van der Waals surface area contributed by atoms with Crippen LogP contribution in [0.5, 0.6) is 0 Å². The molecule has 2 heterocycles. The number of halogens is 2. The lowest BCUT2D eigenvalue weighted by atomic mass is 10.3. The summed E-state index contributed by atoms with van der Waals surface area (Å²) < 4.78 is 18.9. The molecule has 0 saturated heterocycles. The molecule has 134 valence electrons. The number of amides is 1. The van der Waals surface area contributed by atoms with Gasteiger partial charge in [0.15, 0.2) is 0 Å². The lowest BCUT2D eigenvalue weighted by Crippen LogP contribution is -2.30. The molecule has 0 aliphatic heterocycles. The topological polar surface area (TPSA) is 92.9 Å². The predicted molar refractivity (Wildman–Crippen MR) is 94.0 cm³/mol. The molecule has 0 saturated carbocycles. The van der Waals surface area contributed by atoms with Gasteiger partial charge in [0.25, 0.3) is 0 Å². The highest BCUT2D eigenvalue weighted by molar-refractivity contribution is 6.30. The zero-order chi connectivity index (χ0) is 18.5. The quantitative estimate of drug-likeness (QED) is 0.687. The highest BCUT2D eigenvalue weighted by Gasteiger charge is 2.17. The van der Waals surface area contributed by atoms with Gasteiger partial charge in [-0.05, 0) is 37.3 Å². The Morgan fingerprint density at radius 3 is 2.92 bits per heavy atom. The van der Waals surface area contributed by atoms with Crippen LogP contribution in [0.25, 0.3) is 11.5 Å². The van der Waals surface area contributed by atoms with E-state index in [1.807, 2.05) is 6.07 Å². The van der Waals surface area contributed by atoms with Gasteiger partial charge in [-0.2, -0.15) is 4.98 Å². The highest BCUT2D eigenvalue weighted by Crippen LogP contribution is 2.19. The molecule has 2 N–H and O–H groups in total. The molecule has 1 aromatic carbocycles. The van der Waals surface area contributed by atoms with Gasteiger partial charge in [0.2, 0.25) is 17.6 Å². The van der Waals surface area contributed by atoms with Gasteiger partial charge in [0.1, 0.15) is 11.5 Å². The molecule has 2 aromatic heterocycles. The van der Waals surface area contributed by atoms with Crippen LogP contribution in [0.4, 0.5) is 10.1 Å². The van der Waals surface area contributed by atoms with E-state index < -0.39 is 11.7 Å². The molecule has 0 aliphatic rings. The molecule has 7 nitrogen and oxygen atoms in total. The molecule has 9 heteroatoms. The molecule has 1 atom stereocenters. The Morgan fingerprint density at radius 2 is 2.19 bits per heavy atom. The number of aromatic nitrogens is 3. The van der Waals surface area contributed by atoms with Crippen molar-refractivity contribution in [2.24, 2.45) is 0 Å². The van der Waals surface area contributed by atoms with Crippen molar-refractivity contribution in [1.29, 1.82) is 0 Å². The van der Waals surface area contributed by atoms with Crippen LogP contribution in [-0.4, -0.2) is 27.6 Å². The van der Waals surface area contributed by atoms with Gasteiger partial charge >= 0.3 is 0 Å². The van der Waals surface area contributed by atoms with Crippen LogP contribution in [0.15, 0.2) is 47.1 Å². The first-order valence-corrected chi connectivity index (χ1v) is 8.14. The number of anilines is 1. The molecule has 0 spiro atoms. The summed E-state index contributed by atoms with van der Waals surface area (Å²) >= 11 is 5.68. The third-order valence-corrected chi connectivity index (χ3v) is 3.72. The Balaban J connectivity index is 1.56. The van der Waals surface area contributed by atoms with Gasteiger partial charge in [-0.25, -0.2) is 4.39 Å². The van der Waals surface area contributed by atoms with E-state index in [1.165, 1.54) is 12.1 Å². The summed E-state index contributed by atoms with van der Waals surface area (Å²) in [5.41, 5.74) is 0.648. The fourth-order valence-corrected chi connectivity index (χ4v) is 2.29. The van der Waals surface area contributed by atoms with Crippen LogP contribution in [0.3, 0.4) is 0 Å². The van der Waals surface area contributed by atoms with Gasteiger partial charge in [-0.3, -0.25) is 15.1 Å². The van der Waals surface area contributed by atoms with E-state index in [-0.39, 0.29) is 23.3 Å². The number of rotatable bonds is 6. The Bertz CT molecular complexity index is 903. The first kappa shape index (κ1) is 18.0. The average molecular weight is 376 g/mol. The minimum atomic E-state index is -0.601. The lowest BCUT2D eigenvalue weighted by Gasteiger charge is -2.10. The molecule has 3 rings (SSSR count). The summed E-state index contributed by atoms with van der Waals surface area (Å²) in [6, 6.07) is 9.02. The lowest BCUT2D eigenvalue weighted by molar-refractivity contribution is -0.115. The summed E-state index contributed by atoms with van der Waals surface area (Å²) in [6.45, 7) is 1.70. The maximum absolute atomic E-state index is 13.7. The molecule has 0 aliphatic carbocycles. The Labute approximate surface area is 153 Å². The predicted octanol–water partition coefficient (Wildman–Crippen LogP) is 3.21. The second-order valence-electron chi connectivity index (χ2n) is 5.45. The maximum atomic E-state index is 13.7. The van der Waals surface area contributed by atoms with Crippen molar-refractivity contribution in [3.8, 4) is 11.5 Å². The van der Waals surface area contributed by atoms with Crippen LogP contribution in [-0.2, 0) is 4.79 Å². The molecule has 0 bridgehead atoms. The van der Waals surface area contributed by atoms with Crippen LogP contribution in [0.2, 0.25) is 5.02 Å². The van der Waals surface area contributed by atoms with E-state index in [4.69, 9.17) is 16.1 Å². The standard InChI is InChI=1S/C17H15ClFN5O2/c1-10(17-23-16(24-26-17)14-4-2-3-7-20-14)21-9-15(25)22-13-6-5-11(18)8-12(13)19/h2-8,10,21H,9H2,1H3,(H,22,25). The van der Waals surface area contributed by atoms with Crippen molar-refractivity contribution >= 4 is 23.2 Å². The maximum Gasteiger partial charge on any atom is 0.243 e. The fourth-order valence-electron chi connectivity index (χ4n) is 2.13. The first-order chi connectivity index (χ1) is 12.5. The number of pyridine rings is 1. The number of nitrogens with zero attached hydrogens (tertiary/aromatic N) is 3. The minimum Gasteiger partial charge on any atom is -0.337 e. The Kier molecular flexibility index (Phi) is 5.55. The van der Waals surface area contributed by atoms with Gasteiger partial charge in [-0.15, -0.1) is 0 Å². The summed E-state index contributed by atoms with van der Waals surface area (Å²) in [4.78, 5) is 20.4. The van der Waals surface area contributed by atoms with Crippen molar-refractivity contribution in [3.63, 3.8) is 0 Å². The number of benzene rings is 1. The Hall–Kier alpha value is -2.84.